The molecule has 1 aromatic heterocycles. The summed E-state index contributed by atoms with van der Waals surface area (Å²) in [6.07, 6.45) is 4.45. The molecule has 0 fully saturated rings. The van der Waals surface area contributed by atoms with E-state index in [2.05, 4.69) is 5.10 Å². The molecule has 5 nitrogen and oxygen atoms in total. The van der Waals surface area contributed by atoms with Gasteiger partial charge in [0.2, 0.25) is 0 Å². The lowest BCUT2D eigenvalue weighted by molar-refractivity contribution is -0.141. The summed E-state index contributed by atoms with van der Waals surface area (Å²) in [5, 5.41) is 13.5. The number of para-hydroxylation sites is 1. The average Bonchev–Trinajstić information content (AvgIpc) is 2.84. The minimum atomic E-state index is -0.806. The number of hydrogen-bond donors (Lipinski definition) is 1. The van der Waals surface area contributed by atoms with Crippen LogP contribution in [0.1, 0.15) is 11.1 Å². The number of ether oxygens (including phenoxy) is 1. The molecule has 0 aliphatic carbocycles. The van der Waals surface area contributed by atoms with E-state index in [0.717, 1.165) is 16.9 Å². The van der Waals surface area contributed by atoms with Gasteiger partial charge in [0.25, 0.3) is 0 Å². The molecule has 5 heteroatoms. The molecule has 0 saturated heterocycles. The molecule has 1 N–H and O–H groups in total. The van der Waals surface area contributed by atoms with E-state index in [9.17, 15) is 9.90 Å². The van der Waals surface area contributed by atoms with Gasteiger partial charge in [-0.15, -0.1) is 0 Å². The lowest BCUT2D eigenvalue weighted by Crippen LogP contribution is -2.19. The van der Waals surface area contributed by atoms with Gasteiger partial charge < -0.3 is 9.84 Å². The first-order valence-corrected chi connectivity index (χ1v) is 6.42. The molecule has 0 bridgehead atoms. The van der Waals surface area contributed by atoms with E-state index < -0.39 is 11.9 Å². The van der Waals surface area contributed by atoms with Crippen LogP contribution in [-0.2, 0) is 24.7 Å². The molecule has 0 radical (unpaired) electrons. The highest BCUT2D eigenvalue weighted by atomic mass is 16.5. The Kier molecular flexibility index (Phi) is 4.40. The molecule has 20 heavy (non-hydrogen) atoms. The van der Waals surface area contributed by atoms with Crippen molar-refractivity contribution in [3.05, 3.63) is 47.8 Å². The van der Waals surface area contributed by atoms with E-state index in [-0.39, 0.29) is 0 Å². The van der Waals surface area contributed by atoms with Gasteiger partial charge in [0.05, 0.1) is 19.2 Å². The van der Waals surface area contributed by atoms with E-state index in [1.54, 1.807) is 18.0 Å². The van der Waals surface area contributed by atoms with Crippen molar-refractivity contribution in [3.8, 4) is 5.75 Å². The maximum Gasteiger partial charge on any atom is 0.307 e. The fraction of sp³-hybridized carbons (Fsp3) is 0.333. The summed E-state index contributed by atoms with van der Waals surface area (Å²) in [5.74, 6) is -0.569. The highest BCUT2D eigenvalue weighted by Gasteiger charge is 2.20. The topological polar surface area (TPSA) is 64.4 Å². The molecule has 1 heterocycles. The molecule has 1 atom stereocenters. The number of carboxylic acid groups (broad SMARTS) is 1. The molecule has 0 spiro atoms. The van der Waals surface area contributed by atoms with Crippen molar-refractivity contribution in [3.63, 3.8) is 0 Å². The molecule has 1 aromatic carbocycles. The number of rotatable bonds is 6. The van der Waals surface area contributed by atoms with E-state index in [0.29, 0.717) is 12.8 Å². The van der Waals surface area contributed by atoms with Crippen molar-refractivity contribution in [1.29, 1.82) is 0 Å². The zero-order valence-corrected chi connectivity index (χ0v) is 11.6. The molecular weight excluding hydrogens is 256 g/mol. The van der Waals surface area contributed by atoms with Gasteiger partial charge in [-0.25, -0.2) is 0 Å². The van der Waals surface area contributed by atoms with Gasteiger partial charge in [0, 0.05) is 13.2 Å². The Balaban J connectivity index is 2.15. The SMILES string of the molecule is COc1ccccc1CC(Cc1cnn(C)c1)C(=O)O. The van der Waals surface area contributed by atoms with Crippen LogP contribution in [0.4, 0.5) is 0 Å². The molecule has 2 aromatic rings. The molecular formula is C15H18N2O3. The van der Waals surface area contributed by atoms with Crippen LogP contribution >= 0.6 is 0 Å². The largest absolute Gasteiger partial charge is 0.496 e. The molecule has 0 aliphatic rings. The van der Waals surface area contributed by atoms with E-state index in [1.807, 2.05) is 37.5 Å². The number of aromatic nitrogens is 2. The molecule has 0 saturated carbocycles. The number of aryl methyl sites for hydroxylation is 1. The van der Waals surface area contributed by atoms with E-state index in [4.69, 9.17) is 4.74 Å². The van der Waals surface area contributed by atoms with Crippen LogP contribution in [0.15, 0.2) is 36.7 Å². The lowest BCUT2D eigenvalue weighted by Gasteiger charge is -2.14. The number of methoxy groups -OCH3 is 1. The minimum Gasteiger partial charge on any atom is -0.496 e. The smallest absolute Gasteiger partial charge is 0.307 e. The predicted octanol–water partition coefficient (Wildman–Crippen LogP) is 1.91. The standard InChI is InChI=1S/C15H18N2O3/c1-17-10-11(9-16-17)7-13(15(18)19)8-12-5-3-4-6-14(12)20-2/h3-6,9-10,13H,7-8H2,1-2H3,(H,18,19). The van der Waals surface area contributed by atoms with Crippen molar-refractivity contribution < 1.29 is 14.6 Å². The van der Waals surface area contributed by atoms with E-state index in [1.165, 1.54) is 0 Å². The number of aliphatic carboxylic acids is 1. The van der Waals surface area contributed by atoms with Crippen LogP contribution in [0.2, 0.25) is 0 Å². The Morgan fingerprint density at radius 1 is 1.40 bits per heavy atom. The predicted molar refractivity (Wildman–Crippen MR) is 74.7 cm³/mol. The normalized spacial score (nSPS) is 12.1. The number of carbonyl (C=O) groups is 1. The highest BCUT2D eigenvalue weighted by molar-refractivity contribution is 5.71. The maximum atomic E-state index is 11.4. The summed E-state index contributed by atoms with van der Waals surface area (Å²) < 4.78 is 6.95. The van der Waals surface area contributed by atoms with Gasteiger partial charge in [-0.05, 0) is 30.0 Å². The van der Waals surface area contributed by atoms with Crippen LogP contribution < -0.4 is 4.74 Å². The first-order chi connectivity index (χ1) is 9.60. The summed E-state index contributed by atoms with van der Waals surface area (Å²) in [5.41, 5.74) is 1.83. The second-order valence-electron chi connectivity index (χ2n) is 4.78. The molecule has 2 rings (SSSR count). The second-order valence-corrected chi connectivity index (χ2v) is 4.78. The zero-order valence-electron chi connectivity index (χ0n) is 11.6. The van der Waals surface area contributed by atoms with Gasteiger partial charge in [-0.1, -0.05) is 18.2 Å². The fourth-order valence-corrected chi connectivity index (χ4v) is 2.25. The van der Waals surface area contributed by atoms with Crippen molar-refractivity contribution in [2.45, 2.75) is 12.8 Å². The number of hydrogen-bond acceptors (Lipinski definition) is 3. The van der Waals surface area contributed by atoms with Gasteiger partial charge in [0.15, 0.2) is 0 Å². The minimum absolute atomic E-state index is 0.439. The van der Waals surface area contributed by atoms with E-state index >= 15 is 0 Å². The van der Waals surface area contributed by atoms with Crippen LogP contribution in [0.5, 0.6) is 5.75 Å². The van der Waals surface area contributed by atoms with Gasteiger partial charge >= 0.3 is 5.97 Å². The lowest BCUT2D eigenvalue weighted by atomic mass is 9.93. The van der Waals surface area contributed by atoms with Crippen molar-refractivity contribution >= 4 is 5.97 Å². The van der Waals surface area contributed by atoms with Crippen molar-refractivity contribution in [1.82, 2.24) is 9.78 Å². The summed E-state index contributed by atoms with van der Waals surface area (Å²) in [4.78, 5) is 11.4. The highest BCUT2D eigenvalue weighted by Crippen LogP contribution is 2.23. The third-order valence-electron chi connectivity index (χ3n) is 3.25. The Morgan fingerprint density at radius 2 is 2.15 bits per heavy atom. The fourth-order valence-electron chi connectivity index (χ4n) is 2.25. The zero-order chi connectivity index (χ0) is 14.5. The van der Waals surface area contributed by atoms with Crippen LogP contribution in [0.3, 0.4) is 0 Å². The molecule has 0 amide bonds. The molecule has 0 aliphatic heterocycles. The Hall–Kier alpha value is -2.30. The third-order valence-corrected chi connectivity index (χ3v) is 3.25. The summed E-state index contributed by atoms with van der Waals surface area (Å²) in [6, 6.07) is 7.51. The van der Waals surface area contributed by atoms with Gasteiger partial charge in [-0.3, -0.25) is 9.48 Å². The molecule has 106 valence electrons. The van der Waals surface area contributed by atoms with Crippen molar-refractivity contribution in [2.24, 2.45) is 13.0 Å². The Bertz CT molecular complexity index is 592. The average molecular weight is 274 g/mol. The molecule has 1 unspecified atom stereocenters. The van der Waals surface area contributed by atoms with Gasteiger partial charge in [0.1, 0.15) is 5.75 Å². The summed E-state index contributed by atoms with van der Waals surface area (Å²) in [7, 11) is 3.41. The van der Waals surface area contributed by atoms with Crippen molar-refractivity contribution in [2.75, 3.05) is 7.11 Å². The van der Waals surface area contributed by atoms with Crippen LogP contribution in [-0.4, -0.2) is 28.0 Å². The number of carboxylic acids is 1. The van der Waals surface area contributed by atoms with Crippen LogP contribution in [0, 0.1) is 5.92 Å². The van der Waals surface area contributed by atoms with Gasteiger partial charge in [-0.2, -0.15) is 5.10 Å². The van der Waals surface area contributed by atoms with Crippen LogP contribution in [0.25, 0.3) is 0 Å². The first kappa shape index (κ1) is 14.1. The quantitative estimate of drug-likeness (QED) is 0.874. The Morgan fingerprint density at radius 3 is 2.75 bits per heavy atom. The maximum absolute atomic E-state index is 11.4. The number of nitrogens with zero attached hydrogens (tertiary/aromatic N) is 2. The second kappa shape index (κ2) is 6.23. The summed E-state index contributed by atoms with van der Waals surface area (Å²) in [6.45, 7) is 0. The monoisotopic (exact) mass is 274 g/mol. The third kappa shape index (κ3) is 3.38. The first-order valence-electron chi connectivity index (χ1n) is 6.42. The summed E-state index contributed by atoms with van der Waals surface area (Å²) >= 11 is 0. The Labute approximate surface area is 117 Å². The number of benzene rings is 1.